The molecule has 1 rings (SSSR count). The van der Waals surface area contributed by atoms with Gasteiger partial charge < -0.3 is 10.4 Å². The Morgan fingerprint density at radius 3 is 2.47 bits per heavy atom. The molecule has 0 unspecified atom stereocenters. The Hall–Kier alpha value is -1.42. The van der Waals surface area contributed by atoms with Crippen molar-refractivity contribution in [3.8, 4) is 0 Å². The molecule has 15 heavy (non-hydrogen) atoms. The molecular formula is C11H15NO2S. The number of carbonyl (C=O) groups is 1. The quantitative estimate of drug-likeness (QED) is 0.759. The third-order valence-corrected chi connectivity index (χ3v) is 1.53. The van der Waals surface area contributed by atoms with Crippen molar-refractivity contribution >= 4 is 28.9 Å². The molecule has 0 atom stereocenters. The van der Waals surface area contributed by atoms with Crippen molar-refractivity contribution in [1.82, 2.24) is 0 Å². The molecule has 0 fully saturated rings. The highest BCUT2D eigenvalue weighted by Crippen LogP contribution is 2.10. The van der Waals surface area contributed by atoms with E-state index in [0.29, 0.717) is 10.7 Å². The number of aromatic carboxylic acids is 1. The van der Waals surface area contributed by atoms with E-state index in [1.54, 1.807) is 19.1 Å². The second kappa shape index (κ2) is 6.95. The minimum Gasteiger partial charge on any atom is -0.478 e. The van der Waals surface area contributed by atoms with E-state index in [2.05, 4.69) is 5.32 Å². The second-order valence-corrected chi connectivity index (χ2v) is 3.18. The van der Waals surface area contributed by atoms with E-state index in [4.69, 9.17) is 17.3 Å². The summed E-state index contributed by atoms with van der Waals surface area (Å²) in [4.78, 5) is 11.2. The van der Waals surface area contributed by atoms with E-state index in [1.165, 1.54) is 12.1 Å². The molecule has 1 aromatic carbocycles. The molecule has 0 bridgehead atoms. The SMILES string of the molecule is CC.CC(=S)Nc1cccc(C(=O)O)c1. The first-order chi connectivity index (χ1) is 7.09. The van der Waals surface area contributed by atoms with Crippen LogP contribution in [0.15, 0.2) is 24.3 Å². The number of carboxylic acid groups (broad SMARTS) is 1. The predicted molar refractivity (Wildman–Crippen MR) is 66.6 cm³/mol. The molecule has 3 nitrogen and oxygen atoms in total. The summed E-state index contributed by atoms with van der Waals surface area (Å²) in [7, 11) is 0. The van der Waals surface area contributed by atoms with Crippen molar-refractivity contribution in [2.75, 3.05) is 5.32 Å². The number of benzene rings is 1. The first kappa shape index (κ1) is 13.6. The summed E-state index contributed by atoms with van der Waals surface area (Å²) in [5, 5.41) is 11.6. The maximum absolute atomic E-state index is 10.6. The highest BCUT2D eigenvalue weighted by atomic mass is 32.1. The number of nitrogens with one attached hydrogen (secondary N) is 1. The van der Waals surface area contributed by atoms with E-state index < -0.39 is 5.97 Å². The average Bonchev–Trinajstić information content (AvgIpc) is 2.20. The molecule has 0 saturated carbocycles. The van der Waals surface area contributed by atoms with Gasteiger partial charge >= 0.3 is 5.97 Å². The van der Waals surface area contributed by atoms with Crippen molar-refractivity contribution < 1.29 is 9.90 Å². The topological polar surface area (TPSA) is 49.3 Å². The summed E-state index contributed by atoms with van der Waals surface area (Å²) in [5.41, 5.74) is 0.952. The van der Waals surface area contributed by atoms with Gasteiger partial charge in [-0.25, -0.2) is 4.79 Å². The van der Waals surface area contributed by atoms with E-state index >= 15 is 0 Å². The summed E-state index contributed by atoms with van der Waals surface area (Å²) in [6.07, 6.45) is 0. The van der Waals surface area contributed by atoms with Crippen LogP contribution in [0.4, 0.5) is 5.69 Å². The normalized spacial score (nSPS) is 8.47. The van der Waals surface area contributed by atoms with Crippen LogP contribution in [-0.2, 0) is 0 Å². The Balaban J connectivity index is 0.000000921. The molecule has 0 aliphatic heterocycles. The second-order valence-electron chi connectivity index (χ2n) is 2.57. The number of thiocarbonyl (C=S) groups is 1. The minimum atomic E-state index is -0.939. The lowest BCUT2D eigenvalue weighted by atomic mass is 10.2. The highest BCUT2D eigenvalue weighted by Gasteiger charge is 2.02. The van der Waals surface area contributed by atoms with Crippen molar-refractivity contribution in [3.63, 3.8) is 0 Å². The monoisotopic (exact) mass is 225 g/mol. The van der Waals surface area contributed by atoms with E-state index in [0.717, 1.165) is 0 Å². The van der Waals surface area contributed by atoms with Crippen LogP contribution in [0.5, 0.6) is 0 Å². The van der Waals surface area contributed by atoms with Crippen LogP contribution >= 0.6 is 12.2 Å². The lowest BCUT2D eigenvalue weighted by Gasteiger charge is -2.03. The van der Waals surface area contributed by atoms with Gasteiger partial charge in [-0.2, -0.15) is 0 Å². The van der Waals surface area contributed by atoms with Gasteiger partial charge in [-0.05, 0) is 25.1 Å². The number of carboxylic acids is 1. The minimum absolute atomic E-state index is 0.251. The fraction of sp³-hybridized carbons (Fsp3) is 0.273. The zero-order valence-electron chi connectivity index (χ0n) is 9.07. The van der Waals surface area contributed by atoms with Crippen LogP contribution in [0.1, 0.15) is 31.1 Å². The Labute approximate surface area is 95.1 Å². The molecule has 0 amide bonds. The average molecular weight is 225 g/mol. The summed E-state index contributed by atoms with van der Waals surface area (Å²) in [6, 6.07) is 6.51. The van der Waals surface area contributed by atoms with Crippen molar-refractivity contribution in [2.45, 2.75) is 20.8 Å². The zero-order valence-corrected chi connectivity index (χ0v) is 9.89. The van der Waals surface area contributed by atoms with Gasteiger partial charge in [0, 0.05) is 5.69 Å². The lowest BCUT2D eigenvalue weighted by molar-refractivity contribution is 0.0697. The molecule has 0 aliphatic rings. The number of hydrogen-bond acceptors (Lipinski definition) is 2. The van der Waals surface area contributed by atoms with Crippen molar-refractivity contribution in [3.05, 3.63) is 29.8 Å². The fourth-order valence-electron chi connectivity index (χ4n) is 0.933. The largest absolute Gasteiger partial charge is 0.478 e. The Bertz CT molecular complexity index is 350. The number of hydrogen-bond donors (Lipinski definition) is 2. The smallest absolute Gasteiger partial charge is 0.335 e. The van der Waals surface area contributed by atoms with Gasteiger partial charge in [0.15, 0.2) is 0 Å². The number of rotatable bonds is 2. The van der Waals surface area contributed by atoms with Crippen molar-refractivity contribution in [2.24, 2.45) is 0 Å². The maximum Gasteiger partial charge on any atom is 0.335 e. The molecule has 0 heterocycles. The van der Waals surface area contributed by atoms with Gasteiger partial charge in [0.25, 0.3) is 0 Å². The van der Waals surface area contributed by atoms with Gasteiger partial charge in [-0.1, -0.05) is 32.1 Å². The fourth-order valence-corrected chi connectivity index (χ4v) is 1.05. The molecule has 4 heteroatoms. The Morgan fingerprint density at radius 2 is 2.00 bits per heavy atom. The van der Waals surface area contributed by atoms with Crippen LogP contribution in [0.25, 0.3) is 0 Å². The van der Waals surface area contributed by atoms with Gasteiger partial charge in [0.2, 0.25) is 0 Å². The van der Waals surface area contributed by atoms with Crippen LogP contribution in [0, 0.1) is 0 Å². The van der Waals surface area contributed by atoms with Crippen LogP contribution in [-0.4, -0.2) is 16.1 Å². The van der Waals surface area contributed by atoms with E-state index in [9.17, 15) is 4.79 Å². The summed E-state index contributed by atoms with van der Waals surface area (Å²) >= 11 is 4.83. The molecule has 82 valence electrons. The molecule has 0 aromatic heterocycles. The summed E-state index contributed by atoms with van der Waals surface area (Å²) in [5.74, 6) is -0.939. The molecule has 0 saturated heterocycles. The standard InChI is InChI=1S/C9H9NO2S.C2H6/c1-6(13)10-8-4-2-3-7(5-8)9(11)12;1-2/h2-5H,1H3,(H,10,13)(H,11,12);1-2H3. The molecule has 0 aliphatic carbocycles. The van der Waals surface area contributed by atoms with E-state index in [-0.39, 0.29) is 5.56 Å². The Morgan fingerprint density at radius 1 is 1.40 bits per heavy atom. The van der Waals surface area contributed by atoms with Crippen LogP contribution < -0.4 is 5.32 Å². The van der Waals surface area contributed by atoms with Gasteiger partial charge in [-0.15, -0.1) is 0 Å². The molecule has 1 aromatic rings. The van der Waals surface area contributed by atoms with Crippen LogP contribution in [0.3, 0.4) is 0 Å². The third-order valence-electron chi connectivity index (χ3n) is 1.43. The first-order valence-corrected chi connectivity index (χ1v) is 5.11. The summed E-state index contributed by atoms with van der Waals surface area (Å²) in [6.45, 7) is 5.74. The molecule has 2 N–H and O–H groups in total. The molecular weight excluding hydrogens is 210 g/mol. The highest BCUT2D eigenvalue weighted by molar-refractivity contribution is 7.80. The summed E-state index contributed by atoms with van der Waals surface area (Å²) < 4.78 is 0. The van der Waals surface area contributed by atoms with Crippen LogP contribution in [0.2, 0.25) is 0 Å². The molecule has 0 radical (unpaired) electrons. The van der Waals surface area contributed by atoms with Gasteiger partial charge in [0.1, 0.15) is 0 Å². The maximum atomic E-state index is 10.6. The molecule has 0 spiro atoms. The predicted octanol–water partition coefficient (Wildman–Crippen LogP) is 3.17. The third kappa shape index (κ3) is 5.12. The zero-order chi connectivity index (χ0) is 11.8. The Kier molecular flexibility index (Phi) is 6.29. The van der Waals surface area contributed by atoms with Gasteiger partial charge in [-0.3, -0.25) is 0 Å². The lowest BCUT2D eigenvalue weighted by Crippen LogP contribution is -2.04. The number of anilines is 1. The first-order valence-electron chi connectivity index (χ1n) is 4.70. The van der Waals surface area contributed by atoms with Crippen molar-refractivity contribution in [1.29, 1.82) is 0 Å². The van der Waals surface area contributed by atoms with E-state index in [1.807, 2.05) is 13.8 Å². The van der Waals surface area contributed by atoms with Gasteiger partial charge in [0.05, 0.1) is 10.6 Å².